The summed E-state index contributed by atoms with van der Waals surface area (Å²) in [7, 11) is 0. The molecule has 23 heavy (non-hydrogen) atoms. The van der Waals surface area contributed by atoms with Crippen LogP contribution < -0.4 is 10.6 Å². The average molecular weight is 314 g/mol. The highest BCUT2D eigenvalue weighted by atomic mass is 16.2. The van der Waals surface area contributed by atoms with E-state index >= 15 is 0 Å². The van der Waals surface area contributed by atoms with Gasteiger partial charge in [0.2, 0.25) is 0 Å². The van der Waals surface area contributed by atoms with Crippen molar-refractivity contribution in [3.8, 4) is 0 Å². The van der Waals surface area contributed by atoms with Crippen molar-refractivity contribution in [1.29, 1.82) is 0 Å². The maximum atomic E-state index is 11.8. The summed E-state index contributed by atoms with van der Waals surface area (Å²) in [6, 6.07) is 7.51. The topological polar surface area (TPSA) is 76.0 Å². The van der Waals surface area contributed by atoms with Crippen molar-refractivity contribution in [3.63, 3.8) is 0 Å². The number of amides is 2. The lowest BCUT2D eigenvalue weighted by Gasteiger charge is -2.09. The molecule has 1 heterocycles. The van der Waals surface area contributed by atoms with Crippen molar-refractivity contribution in [1.82, 2.24) is 14.9 Å². The van der Waals surface area contributed by atoms with E-state index in [1.165, 1.54) is 5.56 Å². The minimum absolute atomic E-state index is 0.429. The van der Waals surface area contributed by atoms with Crippen molar-refractivity contribution >= 4 is 17.5 Å². The second-order valence-corrected chi connectivity index (χ2v) is 5.64. The number of nitrogens with one attached hydrogen (secondary N) is 2. The first kappa shape index (κ1) is 16.7. The Morgan fingerprint density at radius 3 is 2.52 bits per heavy atom. The summed E-state index contributed by atoms with van der Waals surface area (Å²) in [6.07, 6.45) is 6.01. The highest BCUT2D eigenvalue weighted by molar-refractivity contribution is 6.39. The Morgan fingerprint density at radius 2 is 1.91 bits per heavy atom. The molecule has 0 atom stereocenters. The molecule has 2 rings (SSSR count). The SMILES string of the molecule is CC(C)c1ccc(NC(=O)C(=O)NCCCn2ccnc2)cc1. The van der Waals surface area contributed by atoms with Crippen molar-refractivity contribution in [2.45, 2.75) is 32.7 Å². The first-order valence-corrected chi connectivity index (χ1v) is 7.71. The van der Waals surface area contributed by atoms with E-state index in [1.54, 1.807) is 24.7 Å². The van der Waals surface area contributed by atoms with Crippen molar-refractivity contribution < 1.29 is 9.59 Å². The number of nitrogens with zero attached hydrogens (tertiary/aromatic N) is 2. The number of hydrogen-bond donors (Lipinski definition) is 2. The van der Waals surface area contributed by atoms with Crippen LogP contribution >= 0.6 is 0 Å². The maximum Gasteiger partial charge on any atom is 0.313 e. The number of aromatic nitrogens is 2. The predicted molar refractivity (Wildman–Crippen MR) is 89.0 cm³/mol. The van der Waals surface area contributed by atoms with E-state index in [-0.39, 0.29) is 0 Å². The van der Waals surface area contributed by atoms with E-state index < -0.39 is 11.8 Å². The lowest BCUT2D eigenvalue weighted by molar-refractivity contribution is -0.136. The summed E-state index contributed by atoms with van der Waals surface area (Å²) in [5.41, 5.74) is 1.81. The number of anilines is 1. The Morgan fingerprint density at radius 1 is 1.17 bits per heavy atom. The van der Waals surface area contributed by atoms with Crippen molar-refractivity contribution in [2.24, 2.45) is 0 Å². The summed E-state index contributed by atoms with van der Waals surface area (Å²) < 4.78 is 1.92. The Balaban J connectivity index is 1.72. The van der Waals surface area contributed by atoms with E-state index in [0.717, 1.165) is 13.0 Å². The molecule has 2 amide bonds. The molecule has 0 bridgehead atoms. The highest BCUT2D eigenvalue weighted by Gasteiger charge is 2.13. The highest BCUT2D eigenvalue weighted by Crippen LogP contribution is 2.16. The molecule has 6 heteroatoms. The van der Waals surface area contributed by atoms with Gasteiger partial charge < -0.3 is 15.2 Å². The van der Waals surface area contributed by atoms with Crippen LogP contribution in [0.3, 0.4) is 0 Å². The number of hydrogen-bond acceptors (Lipinski definition) is 3. The average Bonchev–Trinajstić information content (AvgIpc) is 3.05. The smallest absolute Gasteiger partial charge is 0.313 e. The maximum absolute atomic E-state index is 11.8. The molecule has 1 aromatic heterocycles. The predicted octanol–water partition coefficient (Wildman–Crippen LogP) is 2.15. The van der Waals surface area contributed by atoms with Crippen LogP contribution in [-0.4, -0.2) is 27.9 Å². The van der Waals surface area contributed by atoms with Gasteiger partial charge in [-0.15, -0.1) is 0 Å². The molecule has 0 saturated carbocycles. The van der Waals surface area contributed by atoms with Crippen molar-refractivity contribution in [3.05, 3.63) is 48.5 Å². The van der Waals surface area contributed by atoms with Gasteiger partial charge in [0.1, 0.15) is 0 Å². The van der Waals surface area contributed by atoms with Gasteiger partial charge in [-0.25, -0.2) is 4.98 Å². The fraction of sp³-hybridized carbons (Fsp3) is 0.353. The molecular weight excluding hydrogens is 292 g/mol. The molecule has 6 nitrogen and oxygen atoms in total. The second-order valence-electron chi connectivity index (χ2n) is 5.64. The minimum atomic E-state index is -0.648. The molecule has 122 valence electrons. The Labute approximate surface area is 135 Å². The summed E-state index contributed by atoms with van der Waals surface area (Å²) in [5, 5.41) is 5.21. The minimum Gasteiger partial charge on any atom is -0.348 e. The van der Waals surface area contributed by atoms with Gasteiger partial charge in [-0.3, -0.25) is 9.59 Å². The Hall–Kier alpha value is -2.63. The van der Waals surface area contributed by atoms with E-state index in [1.807, 2.05) is 22.9 Å². The van der Waals surface area contributed by atoms with Gasteiger partial charge in [0.15, 0.2) is 0 Å². The van der Waals surface area contributed by atoms with Crippen LogP contribution in [0.2, 0.25) is 0 Å². The lowest BCUT2D eigenvalue weighted by atomic mass is 10.0. The van der Waals surface area contributed by atoms with Crippen molar-refractivity contribution in [2.75, 3.05) is 11.9 Å². The second kappa shape index (κ2) is 8.12. The van der Waals surface area contributed by atoms with Crippen LogP contribution in [0.4, 0.5) is 5.69 Å². The quantitative estimate of drug-likeness (QED) is 0.633. The number of carbonyl (C=O) groups is 2. The van der Waals surface area contributed by atoms with E-state index in [9.17, 15) is 9.59 Å². The normalized spacial score (nSPS) is 10.6. The largest absolute Gasteiger partial charge is 0.348 e. The third-order valence-corrected chi connectivity index (χ3v) is 3.48. The van der Waals surface area contributed by atoms with Gasteiger partial charge in [-0.2, -0.15) is 0 Å². The van der Waals surface area contributed by atoms with Gasteiger partial charge in [0.05, 0.1) is 6.33 Å². The van der Waals surface area contributed by atoms with E-state index in [2.05, 4.69) is 29.5 Å². The van der Waals surface area contributed by atoms with Crippen LogP contribution in [0, 0.1) is 0 Å². The van der Waals surface area contributed by atoms with Crippen LogP contribution in [0.25, 0.3) is 0 Å². The summed E-state index contributed by atoms with van der Waals surface area (Å²) >= 11 is 0. The summed E-state index contributed by atoms with van der Waals surface area (Å²) in [6.45, 7) is 5.39. The summed E-state index contributed by atoms with van der Waals surface area (Å²) in [5.74, 6) is -0.841. The van der Waals surface area contributed by atoms with Gasteiger partial charge in [-0.05, 0) is 30.0 Å². The molecule has 0 aliphatic rings. The monoisotopic (exact) mass is 314 g/mol. The van der Waals surface area contributed by atoms with Gasteiger partial charge >= 0.3 is 11.8 Å². The van der Waals surface area contributed by atoms with Gasteiger partial charge in [0.25, 0.3) is 0 Å². The Kier molecular flexibility index (Phi) is 5.91. The fourth-order valence-electron chi connectivity index (χ4n) is 2.10. The van der Waals surface area contributed by atoms with Crippen LogP contribution in [0.5, 0.6) is 0 Å². The molecule has 2 N–H and O–H groups in total. The molecule has 0 saturated heterocycles. The fourth-order valence-corrected chi connectivity index (χ4v) is 2.10. The van der Waals surface area contributed by atoms with Crippen LogP contribution in [-0.2, 0) is 16.1 Å². The molecule has 0 spiro atoms. The van der Waals surface area contributed by atoms with E-state index in [0.29, 0.717) is 18.2 Å². The molecule has 0 fully saturated rings. The zero-order chi connectivity index (χ0) is 16.7. The first-order chi connectivity index (χ1) is 11.1. The zero-order valence-corrected chi connectivity index (χ0v) is 13.5. The third kappa shape index (κ3) is 5.25. The standard InChI is InChI=1S/C17H22N4O2/c1-13(2)14-4-6-15(7-5-14)20-17(23)16(22)19-8-3-10-21-11-9-18-12-21/h4-7,9,11-13H,3,8,10H2,1-2H3,(H,19,22)(H,20,23). The molecular formula is C17H22N4O2. The van der Waals surface area contributed by atoms with E-state index in [4.69, 9.17) is 0 Å². The summed E-state index contributed by atoms with van der Waals surface area (Å²) in [4.78, 5) is 27.5. The molecule has 0 radical (unpaired) electrons. The number of benzene rings is 1. The number of aryl methyl sites for hydroxylation is 1. The molecule has 2 aromatic rings. The first-order valence-electron chi connectivity index (χ1n) is 7.71. The lowest BCUT2D eigenvalue weighted by Crippen LogP contribution is -2.36. The van der Waals surface area contributed by atoms with Crippen LogP contribution in [0.1, 0.15) is 31.7 Å². The van der Waals surface area contributed by atoms with Gasteiger partial charge in [0, 0.05) is 31.2 Å². The molecule has 0 unspecified atom stereocenters. The molecule has 0 aliphatic heterocycles. The number of carbonyl (C=O) groups excluding carboxylic acids is 2. The molecule has 0 aliphatic carbocycles. The third-order valence-electron chi connectivity index (χ3n) is 3.48. The number of imidazole rings is 1. The number of rotatable bonds is 6. The molecule has 1 aromatic carbocycles. The Bertz CT molecular complexity index is 633. The zero-order valence-electron chi connectivity index (χ0n) is 13.5. The van der Waals surface area contributed by atoms with Crippen LogP contribution in [0.15, 0.2) is 43.0 Å². The van der Waals surface area contributed by atoms with Gasteiger partial charge in [-0.1, -0.05) is 26.0 Å².